The van der Waals surface area contributed by atoms with Crippen LogP contribution >= 0.6 is 0 Å². The number of benzene rings is 2. The van der Waals surface area contributed by atoms with E-state index in [9.17, 15) is 16.8 Å². The van der Waals surface area contributed by atoms with Crippen LogP contribution in [0.15, 0.2) is 52.3 Å². The van der Waals surface area contributed by atoms with Gasteiger partial charge in [-0.25, -0.2) is 16.8 Å². The average molecular weight is 395 g/mol. The third-order valence-corrected chi connectivity index (χ3v) is 7.83. The number of nitrogens with one attached hydrogen (secondary N) is 1. The first kappa shape index (κ1) is 18.9. The number of hydrogen-bond donors (Lipinski definition) is 1. The minimum absolute atomic E-state index is 0.0283. The number of hydrogen-bond acceptors (Lipinski definition) is 4. The van der Waals surface area contributed by atoms with Gasteiger partial charge in [0, 0.05) is 13.1 Å². The van der Waals surface area contributed by atoms with Crippen molar-refractivity contribution in [1.29, 1.82) is 0 Å². The van der Waals surface area contributed by atoms with Crippen molar-refractivity contribution in [1.82, 2.24) is 4.31 Å². The average Bonchev–Trinajstić information content (AvgIpc) is 3.14. The highest BCUT2D eigenvalue weighted by Crippen LogP contribution is 2.25. The minimum atomic E-state index is -3.80. The van der Waals surface area contributed by atoms with E-state index in [1.807, 2.05) is 32.0 Å². The smallest absolute Gasteiger partial charge is 0.261 e. The quantitative estimate of drug-likeness (QED) is 0.845. The van der Waals surface area contributed by atoms with Crippen LogP contribution in [0.5, 0.6) is 0 Å². The van der Waals surface area contributed by atoms with Crippen LogP contribution in [0, 0.1) is 13.8 Å². The lowest BCUT2D eigenvalue weighted by molar-refractivity contribution is 0.477. The molecule has 0 saturated carbocycles. The van der Waals surface area contributed by atoms with Gasteiger partial charge in [0.1, 0.15) is 0 Å². The summed E-state index contributed by atoms with van der Waals surface area (Å²) in [5, 5.41) is 0. The zero-order chi connectivity index (χ0) is 18.9. The Kier molecular flexibility index (Phi) is 5.09. The van der Waals surface area contributed by atoms with Gasteiger partial charge in [-0.2, -0.15) is 4.31 Å². The summed E-state index contributed by atoms with van der Waals surface area (Å²) in [6.45, 7) is 4.68. The molecule has 140 valence electrons. The number of para-hydroxylation sites is 1. The fourth-order valence-electron chi connectivity index (χ4n) is 3.04. The van der Waals surface area contributed by atoms with E-state index in [0.717, 1.165) is 24.0 Å². The number of sulfonamides is 2. The van der Waals surface area contributed by atoms with Crippen LogP contribution in [0.4, 0.5) is 5.69 Å². The Morgan fingerprint density at radius 1 is 0.808 bits per heavy atom. The Morgan fingerprint density at radius 2 is 1.31 bits per heavy atom. The number of anilines is 1. The fourth-order valence-corrected chi connectivity index (χ4v) is 5.76. The molecule has 1 saturated heterocycles. The molecule has 1 N–H and O–H groups in total. The van der Waals surface area contributed by atoms with Crippen molar-refractivity contribution in [2.45, 2.75) is 36.5 Å². The van der Waals surface area contributed by atoms with E-state index < -0.39 is 20.0 Å². The highest BCUT2D eigenvalue weighted by atomic mass is 32.2. The summed E-state index contributed by atoms with van der Waals surface area (Å²) < 4.78 is 54.4. The normalized spacial score (nSPS) is 15.9. The van der Waals surface area contributed by atoms with E-state index in [-0.39, 0.29) is 9.79 Å². The largest absolute Gasteiger partial charge is 0.279 e. The molecule has 26 heavy (non-hydrogen) atoms. The number of rotatable bonds is 5. The van der Waals surface area contributed by atoms with Gasteiger partial charge in [0.25, 0.3) is 10.0 Å². The van der Waals surface area contributed by atoms with Crippen LogP contribution in [0.3, 0.4) is 0 Å². The first-order valence-corrected chi connectivity index (χ1v) is 11.3. The summed E-state index contributed by atoms with van der Waals surface area (Å²) in [4.78, 5) is 0.144. The predicted molar refractivity (Wildman–Crippen MR) is 101 cm³/mol. The highest BCUT2D eigenvalue weighted by Gasteiger charge is 2.27. The maximum Gasteiger partial charge on any atom is 0.261 e. The molecule has 0 atom stereocenters. The minimum Gasteiger partial charge on any atom is -0.279 e. The summed E-state index contributed by atoms with van der Waals surface area (Å²) in [7, 11) is -7.35. The van der Waals surface area contributed by atoms with E-state index in [1.165, 1.54) is 28.6 Å². The number of aryl methyl sites for hydroxylation is 2. The molecule has 0 radical (unpaired) electrons. The van der Waals surface area contributed by atoms with Gasteiger partial charge >= 0.3 is 0 Å². The molecule has 0 bridgehead atoms. The van der Waals surface area contributed by atoms with Crippen molar-refractivity contribution >= 4 is 25.7 Å². The van der Waals surface area contributed by atoms with E-state index in [1.54, 1.807) is 0 Å². The predicted octanol–water partition coefficient (Wildman–Crippen LogP) is 2.89. The first-order valence-electron chi connectivity index (χ1n) is 8.41. The molecular weight excluding hydrogens is 372 g/mol. The van der Waals surface area contributed by atoms with Crippen LogP contribution < -0.4 is 4.72 Å². The molecule has 2 aromatic carbocycles. The second-order valence-electron chi connectivity index (χ2n) is 6.45. The van der Waals surface area contributed by atoms with Crippen molar-refractivity contribution in [2.24, 2.45) is 0 Å². The molecule has 0 unspecified atom stereocenters. The van der Waals surface area contributed by atoms with Gasteiger partial charge in [0.15, 0.2) is 0 Å². The Morgan fingerprint density at radius 3 is 1.85 bits per heavy atom. The molecule has 0 amide bonds. The van der Waals surface area contributed by atoms with Crippen LogP contribution in [0.1, 0.15) is 24.0 Å². The van der Waals surface area contributed by atoms with Crippen molar-refractivity contribution in [3.8, 4) is 0 Å². The first-order chi connectivity index (χ1) is 12.2. The van der Waals surface area contributed by atoms with Gasteiger partial charge in [-0.3, -0.25) is 4.72 Å². The van der Waals surface area contributed by atoms with E-state index in [0.29, 0.717) is 18.8 Å². The molecule has 1 fully saturated rings. The lowest BCUT2D eigenvalue weighted by Gasteiger charge is -2.16. The maximum atomic E-state index is 12.7. The van der Waals surface area contributed by atoms with Crippen molar-refractivity contribution < 1.29 is 16.8 Å². The highest BCUT2D eigenvalue weighted by molar-refractivity contribution is 7.92. The Balaban J connectivity index is 1.88. The standard InChI is InChI=1S/C18H22N2O4S2/c1-14-6-5-7-15(2)18(14)19-25(21,22)16-8-10-17(11-9-16)26(23,24)20-12-3-4-13-20/h5-11,19H,3-4,12-13H2,1-2H3. The maximum absolute atomic E-state index is 12.7. The lowest BCUT2D eigenvalue weighted by Crippen LogP contribution is -2.27. The Labute approximate surface area is 155 Å². The fraction of sp³-hybridized carbons (Fsp3) is 0.333. The van der Waals surface area contributed by atoms with Gasteiger partial charge in [0.05, 0.1) is 15.5 Å². The zero-order valence-corrected chi connectivity index (χ0v) is 16.4. The second-order valence-corrected chi connectivity index (χ2v) is 10.1. The third-order valence-electron chi connectivity index (χ3n) is 4.55. The molecule has 2 aromatic rings. The summed E-state index contributed by atoms with van der Waals surface area (Å²) >= 11 is 0. The molecule has 3 rings (SSSR count). The van der Waals surface area contributed by atoms with Crippen LogP contribution in [0.25, 0.3) is 0 Å². The molecule has 8 heteroatoms. The van der Waals surface area contributed by atoms with Crippen molar-refractivity contribution in [3.63, 3.8) is 0 Å². The lowest BCUT2D eigenvalue weighted by atomic mass is 10.1. The number of nitrogens with zero attached hydrogens (tertiary/aromatic N) is 1. The van der Waals surface area contributed by atoms with Gasteiger partial charge in [0.2, 0.25) is 10.0 Å². The van der Waals surface area contributed by atoms with Crippen LogP contribution in [-0.4, -0.2) is 34.2 Å². The molecule has 0 aliphatic carbocycles. The molecule has 1 aliphatic rings. The van der Waals surface area contributed by atoms with Gasteiger partial charge in [-0.1, -0.05) is 18.2 Å². The SMILES string of the molecule is Cc1cccc(C)c1NS(=O)(=O)c1ccc(S(=O)(=O)N2CCCC2)cc1. The van der Waals surface area contributed by atoms with E-state index >= 15 is 0 Å². The van der Waals surface area contributed by atoms with E-state index in [2.05, 4.69) is 4.72 Å². The van der Waals surface area contributed by atoms with Crippen LogP contribution in [0.2, 0.25) is 0 Å². The molecule has 0 spiro atoms. The molecule has 6 nitrogen and oxygen atoms in total. The molecule has 0 aromatic heterocycles. The zero-order valence-electron chi connectivity index (χ0n) is 14.8. The van der Waals surface area contributed by atoms with E-state index in [4.69, 9.17) is 0 Å². The third kappa shape index (κ3) is 3.62. The summed E-state index contributed by atoms with van der Waals surface area (Å²) in [5.41, 5.74) is 2.19. The second kappa shape index (κ2) is 7.02. The van der Waals surface area contributed by atoms with Crippen molar-refractivity contribution in [2.75, 3.05) is 17.8 Å². The molecule has 1 heterocycles. The summed E-state index contributed by atoms with van der Waals surface area (Å²) in [6.07, 6.45) is 1.71. The summed E-state index contributed by atoms with van der Waals surface area (Å²) in [5.74, 6) is 0. The van der Waals surface area contributed by atoms with Crippen LogP contribution in [-0.2, 0) is 20.0 Å². The summed E-state index contributed by atoms with van der Waals surface area (Å²) in [6, 6.07) is 10.9. The Bertz CT molecular complexity index is 987. The van der Waals surface area contributed by atoms with Gasteiger partial charge < -0.3 is 0 Å². The molecule has 1 aliphatic heterocycles. The monoisotopic (exact) mass is 394 g/mol. The topological polar surface area (TPSA) is 83.5 Å². The van der Waals surface area contributed by atoms with Gasteiger partial charge in [-0.15, -0.1) is 0 Å². The van der Waals surface area contributed by atoms with Gasteiger partial charge in [-0.05, 0) is 62.1 Å². The molecular formula is C18H22N2O4S2. The van der Waals surface area contributed by atoms with Crippen molar-refractivity contribution in [3.05, 3.63) is 53.6 Å². The Hall–Kier alpha value is -1.90.